The number of nitrogens with one attached hydrogen (secondary N) is 1. The Bertz CT molecular complexity index is 600. The third kappa shape index (κ3) is 2.04. The minimum Gasteiger partial charge on any atom is -0.469 e. The monoisotopic (exact) mass is 331 g/mol. The number of fused-ring (bicyclic) bond motifs is 5. The first-order chi connectivity index (χ1) is 11.4. The topological polar surface area (TPSA) is 55.4 Å². The van der Waals surface area contributed by atoms with E-state index < -0.39 is 0 Å². The molecular formula is C20H29NO3. The molecule has 132 valence electrons. The van der Waals surface area contributed by atoms with E-state index >= 15 is 0 Å². The van der Waals surface area contributed by atoms with Gasteiger partial charge in [-0.25, -0.2) is 0 Å². The van der Waals surface area contributed by atoms with E-state index in [1.54, 1.807) is 6.08 Å². The van der Waals surface area contributed by atoms with Gasteiger partial charge in [-0.2, -0.15) is 0 Å². The molecule has 4 rings (SSSR count). The number of rotatable bonds is 1. The van der Waals surface area contributed by atoms with Crippen molar-refractivity contribution in [1.29, 1.82) is 0 Å². The molecule has 0 saturated heterocycles. The van der Waals surface area contributed by atoms with Crippen LogP contribution in [0.15, 0.2) is 12.2 Å². The fourth-order valence-electron chi connectivity index (χ4n) is 6.86. The largest absolute Gasteiger partial charge is 0.469 e. The lowest BCUT2D eigenvalue weighted by Gasteiger charge is -2.58. The van der Waals surface area contributed by atoms with Gasteiger partial charge in [0.05, 0.1) is 13.0 Å². The summed E-state index contributed by atoms with van der Waals surface area (Å²) < 4.78 is 5.10. The third-order valence-electron chi connectivity index (χ3n) is 8.17. The van der Waals surface area contributed by atoms with Gasteiger partial charge in [0.15, 0.2) is 0 Å². The number of carbonyl (C=O) groups excluding carboxylic acids is 2. The standard InChI is InChI=1S/C20H29NO3/c1-19-10-8-14-12(13(19)5-6-15(19)18(23)24-3)4-7-16-20(14,2)11-9-17(22)21-16/h9,11-16H,4-8,10H2,1-3H3,(H,21,22)/t12-,13-,14-,15+,16+,19-,20+/m0/s1. The molecule has 4 aliphatic rings. The molecule has 1 amide bonds. The Kier molecular flexibility index (Phi) is 3.59. The van der Waals surface area contributed by atoms with Crippen LogP contribution in [0, 0.1) is 34.5 Å². The van der Waals surface area contributed by atoms with E-state index in [1.807, 2.05) is 0 Å². The van der Waals surface area contributed by atoms with Gasteiger partial charge in [-0.05, 0) is 67.8 Å². The maximum atomic E-state index is 12.3. The lowest BCUT2D eigenvalue weighted by Crippen LogP contribution is -2.59. The summed E-state index contributed by atoms with van der Waals surface area (Å²) in [5.41, 5.74) is 0.167. The van der Waals surface area contributed by atoms with Crippen LogP contribution in [-0.4, -0.2) is 25.0 Å². The number of methoxy groups -OCH3 is 1. The Morgan fingerprint density at radius 3 is 2.71 bits per heavy atom. The number of hydrogen-bond donors (Lipinski definition) is 1. The fraction of sp³-hybridized carbons (Fsp3) is 0.800. The van der Waals surface area contributed by atoms with Crippen molar-refractivity contribution in [3.8, 4) is 0 Å². The van der Waals surface area contributed by atoms with Crippen LogP contribution < -0.4 is 5.32 Å². The second-order valence-electron chi connectivity index (χ2n) is 8.91. The summed E-state index contributed by atoms with van der Waals surface area (Å²) in [4.78, 5) is 24.0. The van der Waals surface area contributed by atoms with E-state index in [2.05, 4.69) is 25.2 Å². The van der Waals surface area contributed by atoms with Gasteiger partial charge in [0.1, 0.15) is 0 Å². The molecule has 7 atom stereocenters. The van der Waals surface area contributed by atoms with Crippen LogP contribution in [0.5, 0.6) is 0 Å². The third-order valence-corrected chi connectivity index (χ3v) is 8.17. The Balaban J connectivity index is 1.64. The molecule has 1 aliphatic heterocycles. The minimum atomic E-state index is -0.0110. The number of esters is 1. The van der Waals surface area contributed by atoms with E-state index in [9.17, 15) is 9.59 Å². The second kappa shape index (κ2) is 5.34. The number of hydrogen-bond acceptors (Lipinski definition) is 3. The predicted octanol–water partition coefficient (Wildman–Crippen LogP) is 3.07. The van der Waals surface area contributed by atoms with Gasteiger partial charge in [0.2, 0.25) is 5.91 Å². The second-order valence-corrected chi connectivity index (χ2v) is 8.91. The van der Waals surface area contributed by atoms with Gasteiger partial charge < -0.3 is 10.1 Å². The van der Waals surface area contributed by atoms with Crippen LogP contribution in [-0.2, 0) is 14.3 Å². The zero-order valence-electron chi connectivity index (χ0n) is 15.0. The van der Waals surface area contributed by atoms with Crippen molar-refractivity contribution in [3.63, 3.8) is 0 Å². The van der Waals surface area contributed by atoms with Gasteiger partial charge in [-0.3, -0.25) is 9.59 Å². The van der Waals surface area contributed by atoms with E-state index in [0.29, 0.717) is 17.8 Å². The lowest BCUT2D eigenvalue weighted by atomic mass is 9.48. The Hall–Kier alpha value is -1.32. The SMILES string of the molecule is COC(=O)[C@H]1CC[C@H]2[C@@H]3CC[C@H]4NC(=O)C=C[C@]4(C)[C@H]3CC[C@]12C. The van der Waals surface area contributed by atoms with E-state index in [4.69, 9.17) is 4.74 Å². The summed E-state index contributed by atoms with van der Waals surface area (Å²) >= 11 is 0. The van der Waals surface area contributed by atoms with Crippen molar-refractivity contribution in [1.82, 2.24) is 5.32 Å². The van der Waals surface area contributed by atoms with Crippen molar-refractivity contribution >= 4 is 11.9 Å². The number of carbonyl (C=O) groups is 2. The molecule has 0 aromatic rings. The van der Waals surface area contributed by atoms with Crippen molar-refractivity contribution in [3.05, 3.63) is 12.2 Å². The quantitative estimate of drug-likeness (QED) is 0.751. The van der Waals surface area contributed by atoms with Crippen LogP contribution in [0.2, 0.25) is 0 Å². The molecular weight excluding hydrogens is 302 g/mol. The molecule has 1 heterocycles. The summed E-state index contributed by atoms with van der Waals surface area (Å²) in [5.74, 6) is 2.01. The maximum absolute atomic E-state index is 12.3. The smallest absolute Gasteiger partial charge is 0.309 e. The van der Waals surface area contributed by atoms with Crippen LogP contribution in [0.25, 0.3) is 0 Å². The Labute approximate surface area is 144 Å². The lowest BCUT2D eigenvalue weighted by molar-refractivity contribution is -0.153. The first-order valence-electron chi connectivity index (χ1n) is 9.47. The van der Waals surface area contributed by atoms with Crippen LogP contribution >= 0.6 is 0 Å². The molecule has 0 aromatic carbocycles. The molecule has 3 saturated carbocycles. The minimum absolute atomic E-state index is 0.0110. The molecule has 24 heavy (non-hydrogen) atoms. The number of amides is 1. The van der Waals surface area contributed by atoms with E-state index in [-0.39, 0.29) is 34.7 Å². The summed E-state index contributed by atoms with van der Waals surface area (Å²) in [7, 11) is 1.52. The first kappa shape index (κ1) is 16.2. The van der Waals surface area contributed by atoms with Crippen molar-refractivity contribution in [2.45, 2.75) is 58.4 Å². The highest BCUT2D eigenvalue weighted by Crippen LogP contribution is 2.65. The molecule has 4 heteroatoms. The predicted molar refractivity (Wildman–Crippen MR) is 91.0 cm³/mol. The van der Waals surface area contributed by atoms with Crippen molar-refractivity contribution in [2.24, 2.45) is 34.5 Å². The molecule has 4 nitrogen and oxygen atoms in total. The van der Waals surface area contributed by atoms with Gasteiger partial charge in [0, 0.05) is 11.5 Å². The van der Waals surface area contributed by atoms with Crippen molar-refractivity contribution < 1.29 is 14.3 Å². The van der Waals surface area contributed by atoms with Gasteiger partial charge in [0.25, 0.3) is 0 Å². The van der Waals surface area contributed by atoms with Gasteiger partial charge in [-0.1, -0.05) is 19.9 Å². The molecule has 3 fully saturated rings. The summed E-state index contributed by atoms with van der Waals surface area (Å²) in [5, 5.41) is 3.20. The van der Waals surface area contributed by atoms with Crippen molar-refractivity contribution in [2.75, 3.05) is 7.11 Å². The highest BCUT2D eigenvalue weighted by atomic mass is 16.5. The Morgan fingerprint density at radius 2 is 1.96 bits per heavy atom. The van der Waals surface area contributed by atoms with Gasteiger partial charge in [-0.15, -0.1) is 0 Å². The molecule has 0 radical (unpaired) electrons. The normalized spacial score (nSPS) is 49.6. The van der Waals surface area contributed by atoms with E-state index in [0.717, 1.165) is 32.1 Å². The average Bonchev–Trinajstić information content (AvgIpc) is 2.92. The first-order valence-corrected chi connectivity index (χ1v) is 9.47. The van der Waals surface area contributed by atoms with Crippen LogP contribution in [0.1, 0.15) is 52.4 Å². The highest BCUT2D eigenvalue weighted by molar-refractivity contribution is 5.89. The highest BCUT2D eigenvalue weighted by Gasteiger charge is 2.61. The fourth-order valence-corrected chi connectivity index (χ4v) is 6.86. The van der Waals surface area contributed by atoms with Crippen LogP contribution in [0.4, 0.5) is 0 Å². The van der Waals surface area contributed by atoms with Gasteiger partial charge >= 0.3 is 5.97 Å². The molecule has 0 spiro atoms. The average molecular weight is 331 g/mol. The zero-order valence-corrected chi connectivity index (χ0v) is 15.0. The summed E-state index contributed by atoms with van der Waals surface area (Å²) in [6.45, 7) is 4.66. The molecule has 1 N–H and O–H groups in total. The molecule has 0 unspecified atom stereocenters. The maximum Gasteiger partial charge on any atom is 0.309 e. The molecule has 0 aromatic heterocycles. The zero-order chi connectivity index (χ0) is 17.1. The van der Waals surface area contributed by atoms with Crippen LogP contribution in [0.3, 0.4) is 0 Å². The summed E-state index contributed by atoms with van der Waals surface area (Å²) in [6.07, 6.45) is 10.5. The summed E-state index contributed by atoms with van der Waals surface area (Å²) in [6, 6.07) is 0.276. The Morgan fingerprint density at radius 1 is 1.17 bits per heavy atom. The molecule has 0 bridgehead atoms. The number of ether oxygens (including phenoxy) is 1. The molecule has 3 aliphatic carbocycles. The van der Waals surface area contributed by atoms with E-state index in [1.165, 1.54) is 13.5 Å².